The second-order valence-corrected chi connectivity index (χ2v) is 10.4. The van der Waals surface area contributed by atoms with Crippen molar-refractivity contribution < 1.29 is 19.0 Å². The number of hydrogen-bond donors (Lipinski definition) is 0. The lowest BCUT2D eigenvalue weighted by atomic mass is 9.78. The van der Waals surface area contributed by atoms with E-state index >= 15 is 0 Å². The fraction of sp³-hybridized carbons (Fsp3) is 0.545. The van der Waals surface area contributed by atoms with Crippen molar-refractivity contribution in [3.63, 3.8) is 0 Å². The molecule has 2 aromatic rings. The number of carbonyl (C=O) groups excluding carboxylic acids is 1. The highest BCUT2D eigenvalue weighted by molar-refractivity contribution is 5.91. The van der Waals surface area contributed by atoms with E-state index in [0.717, 1.165) is 55.6 Å². The average Bonchev–Trinajstić information content (AvgIpc) is 2.93. The van der Waals surface area contributed by atoms with E-state index in [1.807, 2.05) is 18.2 Å². The van der Waals surface area contributed by atoms with Gasteiger partial charge in [0.25, 0.3) is 0 Å². The Hall–Kier alpha value is -2.75. The van der Waals surface area contributed by atoms with Crippen LogP contribution in [-0.4, -0.2) is 19.2 Å². The summed E-state index contributed by atoms with van der Waals surface area (Å²) in [6.07, 6.45) is 18.5. The van der Waals surface area contributed by atoms with Gasteiger partial charge in [-0.1, -0.05) is 64.4 Å². The molecule has 1 saturated carbocycles. The van der Waals surface area contributed by atoms with E-state index in [2.05, 4.69) is 13.5 Å². The maximum Gasteiger partial charge on any atom is 0.343 e. The molecule has 0 saturated heterocycles. The number of rotatable bonds is 17. The molecular formula is C33H46O4. The summed E-state index contributed by atoms with van der Waals surface area (Å²) in [6.45, 7) is 7.40. The Labute approximate surface area is 224 Å². The van der Waals surface area contributed by atoms with E-state index in [4.69, 9.17) is 14.2 Å². The maximum absolute atomic E-state index is 12.5. The molecule has 0 radical (unpaired) electrons. The molecule has 1 aliphatic rings. The third-order valence-corrected chi connectivity index (χ3v) is 7.40. The van der Waals surface area contributed by atoms with E-state index < -0.39 is 0 Å². The summed E-state index contributed by atoms with van der Waals surface area (Å²) in [7, 11) is 0. The van der Waals surface area contributed by atoms with Gasteiger partial charge in [-0.05, 0) is 92.5 Å². The molecule has 4 nitrogen and oxygen atoms in total. The number of hydrogen-bond acceptors (Lipinski definition) is 4. The molecule has 0 amide bonds. The largest absolute Gasteiger partial charge is 0.494 e. The normalized spacial score (nSPS) is 17.2. The topological polar surface area (TPSA) is 44.8 Å². The number of unbranched alkanes of at least 4 members (excludes halogenated alkanes) is 4. The summed E-state index contributed by atoms with van der Waals surface area (Å²) >= 11 is 0. The van der Waals surface area contributed by atoms with Gasteiger partial charge >= 0.3 is 5.97 Å². The molecule has 1 fully saturated rings. The van der Waals surface area contributed by atoms with Gasteiger partial charge in [-0.25, -0.2) is 4.79 Å². The number of benzene rings is 2. The molecule has 0 aromatic heterocycles. The van der Waals surface area contributed by atoms with Crippen LogP contribution in [0.4, 0.5) is 0 Å². The van der Waals surface area contributed by atoms with Crippen molar-refractivity contribution in [1.82, 2.24) is 0 Å². The monoisotopic (exact) mass is 506 g/mol. The van der Waals surface area contributed by atoms with Crippen LogP contribution in [0.5, 0.6) is 17.2 Å². The smallest absolute Gasteiger partial charge is 0.343 e. The fourth-order valence-electron chi connectivity index (χ4n) is 5.09. The zero-order valence-corrected chi connectivity index (χ0v) is 22.8. The number of carbonyl (C=O) groups is 1. The molecule has 37 heavy (non-hydrogen) atoms. The van der Waals surface area contributed by atoms with E-state index in [9.17, 15) is 4.79 Å². The second-order valence-electron chi connectivity index (χ2n) is 10.4. The van der Waals surface area contributed by atoms with Crippen molar-refractivity contribution in [2.24, 2.45) is 11.8 Å². The highest BCUT2D eigenvalue weighted by atomic mass is 16.5. The molecule has 1 aliphatic carbocycles. The molecule has 3 rings (SSSR count). The Bertz CT molecular complexity index is 895. The van der Waals surface area contributed by atoms with Crippen molar-refractivity contribution in [2.45, 2.75) is 90.4 Å². The highest BCUT2D eigenvalue weighted by Gasteiger charge is 2.20. The van der Waals surface area contributed by atoms with Crippen LogP contribution >= 0.6 is 0 Å². The van der Waals surface area contributed by atoms with Gasteiger partial charge in [-0.2, -0.15) is 0 Å². The van der Waals surface area contributed by atoms with Crippen LogP contribution in [0.25, 0.3) is 0 Å². The summed E-state index contributed by atoms with van der Waals surface area (Å²) in [5.74, 6) is 3.54. The molecular weight excluding hydrogens is 460 g/mol. The molecule has 0 unspecified atom stereocenters. The van der Waals surface area contributed by atoms with Crippen LogP contribution in [-0.2, 0) is 0 Å². The molecule has 0 atom stereocenters. The van der Waals surface area contributed by atoms with Gasteiger partial charge in [0.1, 0.15) is 17.2 Å². The summed E-state index contributed by atoms with van der Waals surface area (Å²) in [4.78, 5) is 12.5. The Balaban J connectivity index is 1.30. The van der Waals surface area contributed by atoms with Gasteiger partial charge in [-0.3, -0.25) is 0 Å². The van der Waals surface area contributed by atoms with E-state index in [1.54, 1.807) is 36.4 Å². The predicted molar refractivity (Wildman–Crippen MR) is 152 cm³/mol. The van der Waals surface area contributed by atoms with Crippen LogP contribution < -0.4 is 14.2 Å². The van der Waals surface area contributed by atoms with Crippen molar-refractivity contribution in [1.29, 1.82) is 0 Å². The van der Waals surface area contributed by atoms with Crippen molar-refractivity contribution in [2.75, 3.05) is 13.2 Å². The van der Waals surface area contributed by atoms with Gasteiger partial charge in [0, 0.05) is 0 Å². The Morgan fingerprint density at radius 1 is 0.757 bits per heavy atom. The number of ether oxygens (including phenoxy) is 3. The predicted octanol–water partition coefficient (Wildman–Crippen LogP) is 9.19. The quantitative estimate of drug-likeness (QED) is 0.0928. The number of allylic oxidation sites excluding steroid dienone is 1. The zero-order valence-electron chi connectivity index (χ0n) is 22.8. The molecule has 0 bridgehead atoms. The van der Waals surface area contributed by atoms with Crippen LogP contribution in [0.1, 0.15) is 101 Å². The minimum atomic E-state index is -0.383. The number of esters is 1. The lowest BCUT2D eigenvalue weighted by molar-refractivity contribution is 0.0734. The third kappa shape index (κ3) is 11.0. The Morgan fingerprint density at radius 3 is 1.89 bits per heavy atom. The lowest BCUT2D eigenvalue weighted by Gasteiger charge is -2.28. The molecule has 0 N–H and O–H groups in total. The highest BCUT2D eigenvalue weighted by Crippen LogP contribution is 2.34. The summed E-state index contributed by atoms with van der Waals surface area (Å²) in [5, 5.41) is 0. The van der Waals surface area contributed by atoms with Gasteiger partial charge in [0.05, 0.1) is 18.8 Å². The molecule has 0 aliphatic heterocycles. The summed E-state index contributed by atoms with van der Waals surface area (Å²) < 4.78 is 17.2. The molecule has 0 heterocycles. The third-order valence-electron chi connectivity index (χ3n) is 7.40. The SMILES string of the molecule is C=CCCCCOc1ccc(C(=O)Oc2ccc(OCCCC3CCC(CCCCC)CC3)cc2)cc1. The first-order chi connectivity index (χ1) is 18.2. The average molecular weight is 507 g/mol. The lowest BCUT2D eigenvalue weighted by Crippen LogP contribution is -2.15. The van der Waals surface area contributed by atoms with Crippen LogP contribution in [0.15, 0.2) is 61.2 Å². The van der Waals surface area contributed by atoms with Gasteiger partial charge in [0.2, 0.25) is 0 Å². The Morgan fingerprint density at radius 2 is 1.30 bits per heavy atom. The molecule has 4 heteroatoms. The zero-order chi connectivity index (χ0) is 26.1. The van der Waals surface area contributed by atoms with Crippen molar-refractivity contribution in [3.05, 3.63) is 66.7 Å². The van der Waals surface area contributed by atoms with Gasteiger partial charge in [0.15, 0.2) is 0 Å². The van der Waals surface area contributed by atoms with Crippen molar-refractivity contribution in [3.8, 4) is 17.2 Å². The summed E-state index contributed by atoms with van der Waals surface area (Å²) in [5.41, 5.74) is 0.495. The van der Waals surface area contributed by atoms with Crippen LogP contribution in [0.2, 0.25) is 0 Å². The first-order valence-electron chi connectivity index (χ1n) is 14.5. The summed E-state index contributed by atoms with van der Waals surface area (Å²) in [6, 6.07) is 14.4. The van der Waals surface area contributed by atoms with E-state index in [-0.39, 0.29) is 5.97 Å². The van der Waals surface area contributed by atoms with Crippen molar-refractivity contribution >= 4 is 5.97 Å². The first-order valence-corrected chi connectivity index (χ1v) is 14.5. The fourth-order valence-corrected chi connectivity index (χ4v) is 5.09. The Kier molecular flexibility index (Phi) is 13.2. The van der Waals surface area contributed by atoms with Gasteiger partial charge in [-0.15, -0.1) is 6.58 Å². The van der Waals surface area contributed by atoms with Gasteiger partial charge < -0.3 is 14.2 Å². The van der Waals surface area contributed by atoms with Crippen LogP contribution in [0, 0.1) is 11.8 Å². The standard InChI is InChI=1S/C33H46O4/c1-3-5-7-9-25-35-30-19-17-29(18-20-30)33(34)37-32-23-21-31(22-24-32)36-26-10-12-28-15-13-27(14-16-28)11-8-6-4-2/h3,17-24,27-28H,1,4-16,25-26H2,2H3. The molecule has 2 aromatic carbocycles. The minimum absolute atomic E-state index is 0.383. The minimum Gasteiger partial charge on any atom is -0.494 e. The van der Waals surface area contributed by atoms with E-state index in [0.29, 0.717) is 17.9 Å². The van der Waals surface area contributed by atoms with E-state index in [1.165, 1.54) is 57.8 Å². The second kappa shape index (κ2) is 16.9. The first kappa shape index (κ1) is 28.8. The maximum atomic E-state index is 12.5. The van der Waals surface area contributed by atoms with Crippen LogP contribution in [0.3, 0.4) is 0 Å². The molecule has 202 valence electrons. The molecule has 0 spiro atoms.